The molecule has 0 aliphatic rings. The number of aromatic nitrogens is 2. The number of benzene rings is 2. The number of carbonyl (C=O) groups excluding carboxylic acids is 1. The first kappa shape index (κ1) is 15.2. The lowest BCUT2D eigenvalue weighted by molar-refractivity contribution is -0.117. The summed E-state index contributed by atoms with van der Waals surface area (Å²) < 4.78 is 1.85. The molecule has 0 aliphatic carbocycles. The molecule has 0 unspecified atom stereocenters. The lowest BCUT2D eigenvalue weighted by Crippen LogP contribution is -2.41. The molecule has 6 nitrogen and oxygen atoms in total. The fourth-order valence-electron chi connectivity index (χ4n) is 2.40. The van der Waals surface area contributed by atoms with E-state index in [2.05, 4.69) is 16.5 Å². The lowest BCUT2D eigenvalue weighted by atomic mass is 10.2. The third kappa shape index (κ3) is 3.08. The van der Waals surface area contributed by atoms with Crippen LogP contribution in [0.3, 0.4) is 0 Å². The normalized spacial score (nSPS) is 12.3. The lowest BCUT2D eigenvalue weighted by Gasteiger charge is -2.11. The van der Waals surface area contributed by atoms with Gasteiger partial charge in [-0.25, -0.2) is 4.68 Å². The summed E-state index contributed by atoms with van der Waals surface area (Å²) in [6.07, 6.45) is 1.80. The van der Waals surface area contributed by atoms with Crippen LogP contribution < -0.4 is 16.8 Å². The average molecular weight is 309 g/mol. The number of hydrogen-bond acceptors (Lipinski definition) is 4. The summed E-state index contributed by atoms with van der Waals surface area (Å²) in [6.45, 7) is 2.14. The highest BCUT2D eigenvalue weighted by Crippen LogP contribution is 2.22. The Morgan fingerprint density at radius 2 is 2.13 bits per heavy atom. The number of fused-ring (bicyclic) bond motifs is 1. The summed E-state index contributed by atoms with van der Waals surface area (Å²) in [5.41, 5.74) is 14.8. The molecule has 0 aliphatic heterocycles. The second-order valence-corrected chi connectivity index (χ2v) is 5.50. The highest BCUT2D eigenvalue weighted by atomic mass is 16.2. The number of nitrogens with two attached hydrogens (primary N) is 2. The largest absolute Gasteiger partial charge is 0.328 e. The molecule has 1 amide bonds. The van der Waals surface area contributed by atoms with Gasteiger partial charge in [-0.1, -0.05) is 12.1 Å². The second kappa shape index (κ2) is 6.20. The molecule has 3 aromatic rings. The Bertz CT molecular complexity index is 855. The van der Waals surface area contributed by atoms with Gasteiger partial charge in [0.15, 0.2) is 0 Å². The first-order chi connectivity index (χ1) is 11.1. The number of carbonyl (C=O) groups is 1. The van der Waals surface area contributed by atoms with Crippen LogP contribution in [-0.4, -0.2) is 28.3 Å². The van der Waals surface area contributed by atoms with Crippen molar-refractivity contribution < 1.29 is 4.79 Å². The molecule has 1 atom stereocenters. The molecule has 3 rings (SSSR count). The molecule has 23 heavy (non-hydrogen) atoms. The zero-order valence-corrected chi connectivity index (χ0v) is 12.9. The van der Waals surface area contributed by atoms with Gasteiger partial charge in [-0.15, -0.1) is 0 Å². The van der Waals surface area contributed by atoms with Crippen LogP contribution >= 0.6 is 0 Å². The molecule has 0 saturated carbocycles. The van der Waals surface area contributed by atoms with Crippen LogP contribution in [0.25, 0.3) is 16.6 Å². The van der Waals surface area contributed by atoms with Gasteiger partial charge < -0.3 is 16.8 Å². The Balaban J connectivity index is 1.99. The van der Waals surface area contributed by atoms with E-state index in [1.165, 1.54) is 0 Å². The molecular formula is C17H19N5O. The average Bonchev–Trinajstić information content (AvgIpc) is 2.97. The molecule has 0 radical (unpaired) electrons. The van der Waals surface area contributed by atoms with Crippen molar-refractivity contribution in [3.63, 3.8) is 0 Å². The minimum atomic E-state index is -0.715. The smallest absolute Gasteiger partial charge is 0.242 e. The maximum atomic E-state index is 11.9. The number of hydrogen-bond donors (Lipinski definition) is 3. The van der Waals surface area contributed by atoms with Crippen LogP contribution in [0.5, 0.6) is 0 Å². The van der Waals surface area contributed by atoms with Crippen molar-refractivity contribution in [1.82, 2.24) is 9.78 Å². The first-order valence-electron chi connectivity index (χ1n) is 7.40. The van der Waals surface area contributed by atoms with E-state index in [4.69, 9.17) is 11.5 Å². The highest BCUT2D eigenvalue weighted by molar-refractivity contribution is 5.96. The maximum absolute atomic E-state index is 11.9. The highest BCUT2D eigenvalue weighted by Gasteiger charge is 2.12. The van der Waals surface area contributed by atoms with Gasteiger partial charge in [0.2, 0.25) is 5.91 Å². The molecule has 1 heterocycles. The van der Waals surface area contributed by atoms with Crippen molar-refractivity contribution in [3.05, 3.63) is 54.2 Å². The van der Waals surface area contributed by atoms with E-state index in [9.17, 15) is 4.79 Å². The topological polar surface area (TPSA) is 99.0 Å². The van der Waals surface area contributed by atoms with E-state index in [-0.39, 0.29) is 12.5 Å². The summed E-state index contributed by atoms with van der Waals surface area (Å²) in [5, 5.41) is 8.21. The number of amides is 1. The van der Waals surface area contributed by atoms with E-state index in [0.717, 1.165) is 22.2 Å². The van der Waals surface area contributed by atoms with Gasteiger partial charge in [0.25, 0.3) is 0 Å². The molecule has 0 spiro atoms. The van der Waals surface area contributed by atoms with E-state index in [1.807, 2.05) is 48.0 Å². The number of nitrogens with one attached hydrogen (secondary N) is 1. The Morgan fingerprint density at radius 3 is 2.87 bits per heavy atom. The van der Waals surface area contributed by atoms with Gasteiger partial charge in [-0.2, -0.15) is 5.10 Å². The number of aryl methyl sites for hydroxylation is 1. The van der Waals surface area contributed by atoms with E-state index in [0.29, 0.717) is 5.69 Å². The van der Waals surface area contributed by atoms with E-state index >= 15 is 0 Å². The van der Waals surface area contributed by atoms with Crippen molar-refractivity contribution in [2.24, 2.45) is 11.5 Å². The van der Waals surface area contributed by atoms with Crippen molar-refractivity contribution in [2.45, 2.75) is 13.0 Å². The second-order valence-electron chi connectivity index (χ2n) is 5.50. The Morgan fingerprint density at radius 1 is 1.30 bits per heavy atom. The van der Waals surface area contributed by atoms with Crippen molar-refractivity contribution in [1.29, 1.82) is 0 Å². The molecule has 2 aromatic carbocycles. The molecule has 6 heteroatoms. The van der Waals surface area contributed by atoms with Crippen LogP contribution in [-0.2, 0) is 4.79 Å². The summed E-state index contributed by atoms with van der Waals surface area (Å²) in [5.74, 6) is -0.298. The Hall–Kier alpha value is -2.70. The molecule has 5 N–H and O–H groups in total. The minimum Gasteiger partial charge on any atom is -0.328 e. The van der Waals surface area contributed by atoms with E-state index in [1.54, 1.807) is 6.20 Å². The maximum Gasteiger partial charge on any atom is 0.242 e. The number of nitrogens with zero attached hydrogens (tertiary/aromatic N) is 2. The molecular weight excluding hydrogens is 290 g/mol. The van der Waals surface area contributed by atoms with Crippen molar-refractivity contribution in [3.8, 4) is 5.69 Å². The van der Waals surface area contributed by atoms with Crippen LogP contribution in [0, 0.1) is 6.92 Å². The third-order valence-corrected chi connectivity index (χ3v) is 3.68. The fourth-order valence-corrected chi connectivity index (χ4v) is 2.40. The third-order valence-electron chi connectivity index (χ3n) is 3.68. The minimum absolute atomic E-state index is 0.106. The molecule has 118 valence electrons. The predicted octanol–water partition coefficient (Wildman–Crippen LogP) is 1.56. The van der Waals surface area contributed by atoms with Gasteiger partial charge in [-0.05, 0) is 42.8 Å². The zero-order chi connectivity index (χ0) is 16.4. The molecule has 0 saturated heterocycles. The zero-order valence-electron chi connectivity index (χ0n) is 12.9. The van der Waals surface area contributed by atoms with Crippen LogP contribution in [0.2, 0.25) is 0 Å². The predicted molar refractivity (Wildman–Crippen MR) is 91.5 cm³/mol. The standard InChI is InChI=1S/C17H19N5O/c1-11-3-2-4-14(7-11)22-16-8-13(6-5-12(16)10-20-22)21-17(23)15(19)9-18/h2-8,10,15H,9,18-19H2,1H3,(H,21,23)/t15-/m0/s1. The quantitative estimate of drug-likeness (QED) is 0.681. The van der Waals surface area contributed by atoms with Crippen molar-refractivity contribution in [2.75, 3.05) is 11.9 Å². The Kier molecular flexibility index (Phi) is 4.10. The van der Waals surface area contributed by atoms with Gasteiger partial charge in [0.1, 0.15) is 0 Å². The van der Waals surface area contributed by atoms with Crippen LogP contribution in [0.4, 0.5) is 5.69 Å². The van der Waals surface area contributed by atoms with Gasteiger partial charge >= 0.3 is 0 Å². The SMILES string of the molecule is Cc1cccc(-n2ncc3ccc(NC(=O)[C@@H](N)CN)cc32)c1. The molecule has 1 aromatic heterocycles. The van der Waals surface area contributed by atoms with E-state index < -0.39 is 6.04 Å². The number of anilines is 1. The van der Waals surface area contributed by atoms with Gasteiger partial charge in [0, 0.05) is 17.6 Å². The van der Waals surface area contributed by atoms with Crippen molar-refractivity contribution >= 4 is 22.5 Å². The fraction of sp³-hybridized carbons (Fsp3) is 0.176. The van der Waals surface area contributed by atoms with Gasteiger partial charge in [0.05, 0.1) is 23.4 Å². The first-order valence-corrected chi connectivity index (χ1v) is 7.40. The summed E-state index contributed by atoms with van der Waals surface area (Å²) >= 11 is 0. The summed E-state index contributed by atoms with van der Waals surface area (Å²) in [4.78, 5) is 11.9. The molecule has 0 bridgehead atoms. The monoisotopic (exact) mass is 309 g/mol. The van der Waals surface area contributed by atoms with Crippen LogP contribution in [0.15, 0.2) is 48.7 Å². The Labute approximate surface area is 134 Å². The van der Waals surface area contributed by atoms with Crippen LogP contribution in [0.1, 0.15) is 5.56 Å². The number of rotatable bonds is 4. The summed E-state index contributed by atoms with van der Waals surface area (Å²) in [7, 11) is 0. The summed E-state index contributed by atoms with van der Waals surface area (Å²) in [6, 6.07) is 13.0. The van der Waals surface area contributed by atoms with Gasteiger partial charge in [-0.3, -0.25) is 4.79 Å². The molecule has 0 fully saturated rings.